The van der Waals surface area contributed by atoms with E-state index in [-0.39, 0.29) is 33.4 Å². The number of benzene rings is 6. The fourth-order valence-corrected chi connectivity index (χ4v) is 7.74. The van der Waals surface area contributed by atoms with Crippen molar-refractivity contribution < 1.29 is 71.4 Å². The highest BCUT2D eigenvalue weighted by Crippen LogP contribution is 2.36. The molecule has 352 valence electrons. The first-order chi connectivity index (χ1) is 33.5. The summed E-state index contributed by atoms with van der Waals surface area (Å²) in [6, 6.07) is 47.9. The molecule has 0 amide bonds. The highest BCUT2D eigenvalue weighted by atomic mass is 16.8. The molecule has 0 aromatic heterocycles. The van der Waals surface area contributed by atoms with Gasteiger partial charge >= 0.3 is 35.8 Å². The highest BCUT2D eigenvalue weighted by molar-refractivity contribution is 5.92. The fraction of sp³-hybridized carbons (Fsp3) is 0.222. The summed E-state index contributed by atoms with van der Waals surface area (Å²) in [5, 5.41) is 0. The van der Waals surface area contributed by atoms with E-state index in [9.17, 15) is 28.8 Å². The van der Waals surface area contributed by atoms with Crippen molar-refractivity contribution in [1.29, 1.82) is 0 Å². The Morgan fingerprint density at radius 1 is 0.290 bits per heavy atom. The van der Waals surface area contributed by atoms with Crippen LogP contribution < -0.4 is 0 Å². The number of carbonyl (C=O) groups excluding carboxylic acids is 6. The summed E-state index contributed by atoms with van der Waals surface area (Å²) in [5.41, 5.74) is 0.752. The smallest absolute Gasteiger partial charge is 0.338 e. The van der Waals surface area contributed by atoms with Crippen LogP contribution in [-0.4, -0.2) is 97.2 Å². The van der Waals surface area contributed by atoms with Crippen molar-refractivity contribution in [2.75, 3.05) is 0 Å². The number of ether oxygens (including phenoxy) is 9. The molecule has 10 atom stereocenters. The van der Waals surface area contributed by atoms with Gasteiger partial charge in [0, 0.05) is 0 Å². The fourth-order valence-electron chi connectivity index (χ4n) is 7.74. The lowest BCUT2D eigenvalue weighted by Gasteiger charge is -2.47. The first-order valence-corrected chi connectivity index (χ1v) is 22.1. The van der Waals surface area contributed by atoms with Crippen molar-refractivity contribution in [3.8, 4) is 0 Å². The Morgan fingerprint density at radius 2 is 0.478 bits per heavy atom. The zero-order valence-corrected chi connectivity index (χ0v) is 37.2. The normalized spacial score (nSPS) is 24.1. The topological polar surface area (TPSA) is 185 Å². The van der Waals surface area contributed by atoms with Gasteiger partial charge in [0.25, 0.3) is 0 Å². The molecule has 2 aliphatic rings. The zero-order valence-electron chi connectivity index (χ0n) is 37.2. The van der Waals surface area contributed by atoms with Crippen LogP contribution >= 0.6 is 0 Å². The first-order valence-electron chi connectivity index (χ1n) is 22.1. The van der Waals surface area contributed by atoms with Crippen molar-refractivity contribution in [3.05, 3.63) is 215 Å². The van der Waals surface area contributed by atoms with Crippen LogP contribution in [-0.2, 0) is 42.6 Å². The summed E-state index contributed by atoms with van der Waals surface area (Å²) in [6.07, 6.45) is -15.5. The maximum absolute atomic E-state index is 14.1. The molecule has 0 spiro atoms. The van der Waals surface area contributed by atoms with Gasteiger partial charge in [-0.05, 0) is 86.6 Å². The van der Waals surface area contributed by atoms with E-state index in [1.165, 1.54) is 86.6 Å². The molecule has 0 radical (unpaired) electrons. The van der Waals surface area contributed by atoms with E-state index in [1.54, 1.807) is 109 Å². The van der Waals surface area contributed by atoms with Crippen LogP contribution in [0.3, 0.4) is 0 Å². The summed E-state index contributed by atoms with van der Waals surface area (Å²) in [6.45, 7) is 3.05. The molecule has 15 heteroatoms. The molecule has 2 saturated heterocycles. The molecular formula is C54H46O15. The average Bonchev–Trinajstić information content (AvgIpc) is 3.39. The molecular weight excluding hydrogens is 889 g/mol. The van der Waals surface area contributed by atoms with Crippen LogP contribution in [0.1, 0.15) is 76.0 Å². The lowest BCUT2D eigenvalue weighted by atomic mass is 9.97. The van der Waals surface area contributed by atoms with Gasteiger partial charge in [-0.1, -0.05) is 109 Å². The van der Waals surface area contributed by atoms with E-state index in [0.717, 1.165) is 0 Å². The molecule has 6 aromatic rings. The molecule has 6 aromatic carbocycles. The van der Waals surface area contributed by atoms with Crippen molar-refractivity contribution in [2.24, 2.45) is 0 Å². The van der Waals surface area contributed by atoms with E-state index >= 15 is 0 Å². The second-order valence-electron chi connectivity index (χ2n) is 16.0. The van der Waals surface area contributed by atoms with Gasteiger partial charge in [-0.2, -0.15) is 0 Å². The molecule has 8 rings (SSSR count). The predicted molar refractivity (Wildman–Crippen MR) is 244 cm³/mol. The first kappa shape index (κ1) is 47.5. The number of carbonyl (C=O) groups is 6. The van der Waals surface area contributed by atoms with Gasteiger partial charge in [-0.3, -0.25) is 0 Å². The molecule has 2 heterocycles. The van der Waals surface area contributed by atoms with Crippen LogP contribution in [0.4, 0.5) is 0 Å². The van der Waals surface area contributed by atoms with E-state index in [1.807, 2.05) is 0 Å². The Morgan fingerprint density at radius 3 is 0.696 bits per heavy atom. The van der Waals surface area contributed by atoms with Crippen LogP contribution in [0, 0.1) is 0 Å². The van der Waals surface area contributed by atoms with Crippen molar-refractivity contribution in [1.82, 2.24) is 0 Å². The van der Waals surface area contributed by atoms with Gasteiger partial charge in [-0.25, -0.2) is 28.8 Å². The number of rotatable bonds is 14. The molecule has 0 aliphatic carbocycles. The van der Waals surface area contributed by atoms with Gasteiger partial charge in [0.1, 0.15) is 0 Å². The Labute approximate surface area is 396 Å². The Bertz CT molecular complexity index is 2500. The minimum absolute atomic E-state index is 0.0917. The SMILES string of the molecule is C[C@H]1O[C@H](O[C@H]2O[C@H](C)[C@@H](OC(=O)c3ccccc3)[C@H](OC(=O)c3ccccc3)[C@H]2OC(=O)c2ccccc2)[C@H](OC(=O)c2ccccc2)[C@@H](OC(=O)c2ccccc2)[C@@H]1OC(=O)c1ccccc1. The lowest BCUT2D eigenvalue weighted by molar-refractivity contribution is -0.367. The molecule has 15 nitrogen and oxygen atoms in total. The summed E-state index contributed by atoms with van der Waals surface area (Å²) < 4.78 is 56.2. The molecule has 2 aliphatic heterocycles. The van der Waals surface area contributed by atoms with Crippen LogP contribution in [0.5, 0.6) is 0 Å². The van der Waals surface area contributed by atoms with Crippen LogP contribution in [0.2, 0.25) is 0 Å². The van der Waals surface area contributed by atoms with Crippen molar-refractivity contribution in [2.45, 2.75) is 75.3 Å². The third-order valence-electron chi connectivity index (χ3n) is 11.2. The Balaban J connectivity index is 1.20. The minimum Gasteiger partial charge on any atom is -0.452 e. The number of hydrogen-bond donors (Lipinski definition) is 0. The van der Waals surface area contributed by atoms with Gasteiger partial charge in [0.2, 0.25) is 12.6 Å². The maximum Gasteiger partial charge on any atom is 0.338 e. The van der Waals surface area contributed by atoms with Gasteiger partial charge in [0.05, 0.1) is 45.6 Å². The predicted octanol–water partition coefficient (Wildman–Crippen LogP) is 7.85. The quantitative estimate of drug-likeness (QED) is 0.0759. The van der Waals surface area contributed by atoms with Gasteiger partial charge in [0.15, 0.2) is 36.6 Å². The third-order valence-corrected chi connectivity index (χ3v) is 11.2. The summed E-state index contributed by atoms with van der Waals surface area (Å²) in [4.78, 5) is 83.6. The van der Waals surface area contributed by atoms with E-state index in [0.29, 0.717) is 0 Å². The minimum atomic E-state index is -1.77. The van der Waals surface area contributed by atoms with E-state index in [2.05, 4.69) is 0 Å². The molecule has 0 N–H and O–H groups in total. The van der Waals surface area contributed by atoms with E-state index in [4.69, 9.17) is 42.6 Å². The lowest BCUT2D eigenvalue weighted by Crippen LogP contribution is -2.65. The van der Waals surface area contributed by atoms with Gasteiger partial charge in [-0.15, -0.1) is 0 Å². The Kier molecular flexibility index (Phi) is 15.3. The largest absolute Gasteiger partial charge is 0.452 e. The summed E-state index contributed by atoms with van der Waals surface area (Å²) >= 11 is 0. The molecule has 69 heavy (non-hydrogen) atoms. The monoisotopic (exact) mass is 934 g/mol. The highest BCUT2D eigenvalue weighted by Gasteiger charge is 2.57. The third kappa shape index (κ3) is 11.6. The molecule has 0 bridgehead atoms. The average molecular weight is 935 g/mol. The second kappa shape index (κ2) is 22.2. The molecule has 0 saturated carbocycles. The zero-order chi connectivity index (χ0) is 48.3. The van der Waals surface area contributed by atoms with Crippen molar-refractivity contribution in [3.63, 3.8) is 0 Å². The molecule has 0 unspecified atom stereocenters. The maximum atomic E-state index is 14.1. The van der Waals surface area contributed by atoms with Crippen LogP contribution in [0.25, 0.3) is 0 Å². The summed E-state index contributed by atoms with van der Waals surface area (Å²) in [7, 11) is 0. The standard InChI is InChI=1S/C54H46O15/c1-33-41(63-47(55)35-21-9-3-10-22-35)43(65-49(57)37-25-13-5-14-26-37)45(67-51(59)39-29-17-7-18-30-39)53(61-33)69-54-46(68-52(60)40-31-19-8-20-32-40)44(66-50(58)38-27-15-6-16-28-38)42(34(2)62-54)64-48(56)36-23-11-4-12-24-36/h3-34,41-46,53-54H,1-2H3/t33-,34-,41-,42-,43+,44+,45-,46-,53-,54-/m1/s1. The van der Waals surface area contributed by atoms with E-state index < -0.39 is 97.2 Å². The van der Waals surface area contributed by atoms with Crippen LogP contribution in [0.15, 0.2) is 182 Å². The number of hydrogen-bond acceptors (Lipinski definition) is 15. The molecule has 2 fully saturated rings. The Hall–Kier alpha value is -7.98. The summed E-state index contributed by atoms with van der Waals surface area (Å²) in [5.74, 6) is -5.17. The number of esters is 6. The van der Waals surface area contributed by atoms with Crippen molar-refractivity contribution >= 4 is 35.8 Å². The van der Waals surface area contributed by atoms with Gasteiger partial charge < -0.3 is 42.6 Å². The second-order valence-corrected chi connectivity index (χ2v) is 16.0.